The Balaban J connectivity index is 2.23. The van der Waals surface area contributed by atoms with E-state index in [1.54, 1.807) is 6.07 Å². The van der Waals surface area contributed by atoms with Crippen molar-refractivity contribution in [2.45, 2.75) is 13.0 Å². The van der Waals surface area contributed by atoms with E-state index in [1.807, 2.05) is 24.3 Å². The Hall–Kier alpha value is -2.13. The molecular weight excluding hydrogens is 228 g/mol. The van der Waals surface area contributed by atoms with Crippen LogP contribution in [0.5, 0.6) is 5.75 Å². The zero-order chi connectivity index (χ0) is 12.5. The maximum atomic E-state index is 10.6. The average molecular weight is 240 g/mol. The van der Waals surface area contributed by atoms with Gasteiger partial charge in [-0.05, 0) is 34.7 Å². The quantitative estimate of drug-likeness (QED) is 0.714. The summed E-state index contributed by atoms with van der Waals surface area (Å²) in [5, 5.41) is 9.23. The fourth-order valence-corrected chi connectivity index (χ4v) is 2.54. The second-order valence-electron chi connectivity index (χ2n) is 4.33. The van der Waals surface area contributed by atoms with E-state index < -0.39 is 0 Å². The van der Waals surface area contributed by atoms with Gasteiger partial charge in [-0.3, -0.25) is 4.79 Å². The molecule has 3 nitrogen and oxygen atoms in total. The molecule has 0 aromatic heterocycles. The summed E-state index contributed by atoms with van der Waals surface area (Å²) in [6.07, 6.45) is 0.814. The number of hydrogen-bond acceptors (Lipinski definition) is 3. The lowest BCUT2D eigenvalue weighted by Gasteiger charge is -2.09. The van der Waals surface area contributed by atoms with E-state index in [9.17, 15) is 9.90 Å². The van der Waals surface area contributed by atoms with Gasteiger partial charge in [0.2, 0.25) is 0 Å². The standard InChI is InChI=1S/C15H12O3/c16-8-10-5-12-7-11-3-1-2-4-13(11)15(12)14(6-10)18-9-17/h1-6,9,16H,7-8H2. The van der Waals surface area contributed by atoms with Gasteiger partial charge < -0.3 is 9.84 Å². The van der Waals surface area contributed by atoms with Crippen molar-refractivity contribution in [3.8, 4) is 16.9 Å². The smallest absolute Gasteiger partial charge is 0.298 e. The Kier molecular flexibility index (Phi) is 2.61. The SMILES string of the molecule is O=COc1cc(CO)cc2c1-c1ccccc1C2. The summed E-state index contributed by atoms with van der Waals surface area (Å²) in [6.45, 7) is 0.372. The summed E-state index contributed by atoms with van der Waals surface area (Å²) in [5.41, 5.74) is 5.15. The number of carbonyl (C=O) groups excluding carboxylic acids is 1. The lowest BCUT2D eigenvalue weighted by molar-refractivity contribution is -0.120. The topological polar surface area (TPSA) is 46.5 Å². The summed E-state index contributed by atoms with van der Waals surface area (Å²) in [7, 11) is 0. The van der Waals surface area contributed by atoms with Gasteiger partial charge in [0.05, 0.1) is 6.61 Å². The van der Waals surface area contributed by atoms with Crippen molar-refractivity contribution in [3.63, 3.8) is 0 Å². The van der Waals surface area contributed by atoms with Gasteiger partial charge in [-0.25, -0.2) is 0 Å². The maximum Gasteiger partial charge on any atom is 0.298 e. The fourth-order valence-electron chi connectivity index (χ4n) is 2.54. The molecular formula is C15H12O3. The van der Waals surface area contributed by atoms with E-state index in [0.29, 0.717) is 12.2 Å². The van der Waals surface area contributed by atoms with Gasteiger partial charge in [0, 0.05) is 5.56 Å². The molecule has 2 aromatic carbocycles. The molecule has 0 spiro atoms. The van der Waals surface area contributed by atoms with Crippen LogP contribution >= 0.6 is 0 Å². The van der Waals surface area contributed by atoms with Crippen LogP contribution in [0.2, 0.25) is 0 Å². The van der Waals surface area contributed by atoms with Gasteiger partial charge >= 0.3 is 0 Å². The highest BCUT2D eigenvalue weighted by Crippen LogP contribution is 2.43. The summed E-state index contributed by atoms with van der Waals surface area (Å²) >= 11 is 0. The molecule has 18 heavy (non-hydrogen) atoms. The Morgan fingerprint density at radius 3 is 2.83 bits per heavy atom. The molecule has 0 saturated carbocycles. The van der Waals surface area contributed by atoms with Crippen molar-refractivity contribution < 1.29 is 14.6 Å². The lowest BCUT2D eigenvalue weighted by atomic mass is 10.0. The van der Waals surface area contributed by atoms with E-state index in [-0.39, 0.29) is 6.61 Å². The first-order valence-corrected chi connectivity index (χ1v) is 5.78. The summed E-state index contributed by atoms with van der Waals surface area (Å²) in [6, 6.07) is 11.7. The molecule has 0 saturated heterocycles. The molecule has 0 atom stereocenters. The Morgan fingerprint density at radius 1 is 1.22 bits per heavy atom. The lowest BCUT2D eigenvalue weighted by Crippen LogP contribution is -1.95. The van der Waals surface area contributed by atoms with Gasteiger partial charge in [0.25, 0.3) is 6.47 Å². The van der Waals surface area contributed by atoms with Crippen LogP contribution in [-0.2, 0) is 17.8 Å². The number of benzene rings is 2. The van der Waals surface area contributed by atoms with Crippen molar-refractivity contribution in [2.24, 2.45) is 0 Å². The van der Waals surface area contributed by atoms with Crippen LogP contribution in [0.15, 0.2) is 36.4 Å². The van der Waals surface area contributed by atoms with Gasteiger partial charge in [-0.2, -0.15) is 0 Å². The molecule has 3 rings (SSSR count). The van der Waals surface area contributed by atoms with Gasteiger partial charge in [0.15, 0.2) is 0 Å². The van der Waals surface area contributed by atoms with Crippen LogP contribution in [0, 0.1) is 0 Å². The average Bonchev–Trinajstić information content (AvgIpc) is 2.77. The third-order valence-electron chi connectivity index (χ3n) is 3.27. The van der Waals surface area contributed by atoms with Gasteiger partial charge in [-0.15, -0.1) is 0 Å². The number of hydrogen-bond donors (Lipinski definition) is 1. The first kappa shape index (κ1) is 11.0. The highest BCUT2D eigenvalue weighted by atomic mass is 16.5. The molecule has 0 heterocycles. The van der Waals surface area contributed by atoms with Crippen LogP contribution in [0.3, 0.4) is 0 Å². The maximum absolute atomic E-state index is 10.6. The van der Waals surface area contributed by atoms with Crippen LogP contribution in [0.25, 0.3) is 11.1 Å². The van der Waals surface area contributed by atoms with E-state index in [4.69, 9.17) is 4.74 Å². The zero-order valence-electron chi connectivity index (χ0n) is 9.72. The van der Waals surface area contributed by atoms with Gasteiger partial charge in [-0.1, -0.05) is 30.3 Å². The highest BCUT2D eigenvalue weighted by Gasteiger charge is 2.22. The number of aliphatic hydroxyl groups is 1. The first-order chi connectivity index (χ1) is 8.83. The Bertz CT molecular complexity index is 617. The Morgan fingerprint density at radius 2 is 2.06 bits per heavy atom. The second kappa shape index (κ2) is 4.27. The molecule has 2 aromatic rings. The number of fused-ring (bicyclic) bond motifs is 3. The molecule has 1 N–H and O–H groups in total. The monoisotopic (exact) mass is 240 g/mol. The number of carbonyl (C=O) groups is 1. The second-order valence-corrected chi connectivity index (χ2v) is 4.33. The molecule has 0 unspecified atom stereocenters. The molecule has 3 heteroatoms. The van der Waals surface area contributed by atoms with Gasteiger partial charge in [0.1, 0.15) is 5.75 Å². The van der Waals surface area contributed by atoms with Crippen molar-refractivity contribution in [3.05, 3.63) is 53.1 Å². The largest absolute Gasteiger partial charge is 0.428 e. The third-order valence-corrected chi connectivity index (χ3v) is 3.27. The molecule has 0 amide bonds. The van der Waals surface area contributed by atoms with E-state index >= 15 is 0 Å². The highest BCUT2D eigenvalue weighted by molar-refractivity contribution is 5.83. The van der Waals surface area contributed by atoms with E-state index in [1.165, 1.54) is 5.56 Å². The van der Waals surface area contributed by atoms with Crippen LogP contribution in [-0.4, -0.2) is 11.6 Å². The summed E-state index contributed by atoms with van der Waals surface area (Å²) < 4.78 is 5.06. The minimum absolute atomic E-state index is 0.0567. The minimum atomic E-state index is -0.0567. The number of aliphatic hydroxyl groups excluding tert-OH is 1. The Labute approximate surface area is 105 Å². The van der Waals surface area contributed by atoms with Crippen LogP contribution in [0.4, 0.5) is 0 Å². The zero-order valence-corrected chi connectivity index (χ0v) is 9.72. The predicted octanol–water partition coefficient (Wildman–Crippen LogP) is 2.29. The fraction of sp³-hybridized carbons (Fsp3) is 0.133. The van der Waals surface area contributed by atoms with Crippen molar-refractivity contribution in [2.75, 3.05) is 0 Å². The van der Waals surface area contributed by atoms with Crippen LogP contribution in [0.1, 0.15) is 16.7 Å². The van der Waals surface area contributed by atoms with Crippen molar-refractivity contribution >= 4 is 6.47 Å². The molecule has 90 valence electrons. The normalized spacial score (nSPS) is 11.8. The molecule has 1 aliphatic carbocycles. The molecule has 0 aliphatic heterocycles. The number of rotatable bonds is 3. The van der Waals surface area contributed by atoms with Crippen molar-refractivity contribution in [1.29, 1.82) is 0 Å². The summed E-state index contributed by atoms with van der Waals surface area (Å²) in [4.78, 5) is 10.6. The molecule has 1 aliphatic rings. The first-order valence-electron chi connectivity index (χ1n) is 5.78. The molecule has 0 bridgehead atoms. The minimum Gasteiger partial charge on any atom is -0.428 e. The van der Waals surface area contributed by atoms with Crippen molar-refractivity contribution in [1.82, 2.24) is 0 Å². The molecule has 0 radical (unpaired) electrons. The van der Waals surface area contributed by atoms with E-state index in [0.717, 1.165) is 28.7 Å². The predicted molar refractivity (Wildman–Crippen MR) is 67.3 cm³/mol. The third kappa shape index (κ3) is 1.60. The number of ether oxygens (including phenoxy) is 1. The summed E-state index contributed by atoms with van der Waals surface area (Å²) in [5.74, 6) is 0.525. The molecule has 0 fully saturated rings. The van der Waals surface area contributed by atoms with E-state index in [2.05, 4.69) is 6.07 Å². The van der Waals surface area contributed by atoms with Crippen LogP contribution < -0.4 is 4.74 Å².